The van der Waals surface area contributed by atoms with Gasteiger partial charge >= 0.3 is 0 Å². The standard InChI is InChI=1S/C20H29N7OS.HI/c1-14-25-26-17(27(14)5)12-23-19(21-9-8-15-7-6-10-29-15)24-13-18-22-11-16(28-18)20(2,3)4;/h6-7,10-11H,8-9,12-13H2,1-5H3,(H2,21,23,24);1H. The van der Waals surface area contributed by atoms with E-state index in [0.717, 1.165) is 30.4 Å². The maximum atomic E-state index is 5.87. The summed E-state index contributed by atoms with van der Waals surface area (Å²) < 4.78 is 7.81. The molecular weight excluding hydrogens is 513 g/mol. The third kappa shape index (κ3) is 6.79. The number of thiophene rings is 1. The van der Waals surface area contributed by atoms with Crippen LogP contribution in [-0.4, -0.2) is 32.3 Å². The Morgan fingerprint density at radius 3 is 2.67 bits per heavy atom. The number of hydrogen-bond donors (Lipinski definition) is 2. The number of guanidine groups is 1. The van der Waals surface area contributed by atoms with Crippen LogP contribution in [0.15, 0.2) is 33.1 Å². The van der Waals surface area contributed by atoms with Crippen LogP contribution < -0.4 is 10.6 Å². The number of nitrogens with zero attached hydrogens (tertiary/aromatic N) is 5. The Balaban J connectivity index is 0.00000320. The predicted molar refractivity (Wildman–Crippen MR) is 130 cm³/mol. The fraction of sp³-hybridized carbons (Fsp3) is 0.500. The molecule has 8 nitrogen and oxygen atoms in total. The van der Waals surface area contributed by atoms with E-state index in [1.807, 2.05) is 18.5 Å². The summed E-state index contributed by atoms with van der Waals surface area (Å²) in [4.78, 5) is 10.4. The van der Waals surface area contributed by atoms with Crippen LogP contribution in [0.5, 0.6) is 0 Å². The molecule has 0 spiro atoms. The number of aliphatic imine (C=N–C) groups is 1. The smallest absolute Gasteiger partial charge is 0.213 e. The molecule has 0 aliphatic heterocycles. The van der Waals surface area contributed by atoms with E-state index in [4.69, 9.17) is 4.42 Å². The summed E-state index contributed by atoms with van der Waals surface area (Å²) >= 11 is 1.76. The molecule has 0 saturated heterocycles. The lowest BCUT2D eigenvalue weighted by molar-refractivity contribution is 0.379. The van der Waals surface area contributed by atoms with Gasteiger partial charge in [0, 0.05) is 23.9 Å². The van der Waals surface area contributed by atoms with Gasteiger partial charge in [-0.1, -0.05) is 26.8 Å². The topological polar surface area (TPSA) is 93.2 Å². The summed E-state index contributed by atoms with van der Waals surface area (Å²) in [5.41, 5.74) is -0.0653. The number of hydrogen-bond acceptors (Lipinski definition) is 6. The molecule has 3 aromatic heterocycles. The maximum Gasteiger partial charge on any atom is 0.213 e. The molecule has 0 aliphatic rings. The van der Waals surface area contributed by atoms with E-state index in [0.29, 0.717) is 24.9 Å². The Kier molecular flexibility index (Phi) is 8.83. The first-order valence-corrected chi connectivity index (χ1v) is 10.6. The second-order valence-corrected chi connectivity index (χ2v) is 8.90. The van der Waals surface area contributed by atoms with E-state index in [9.17, 15) is 0 Å². The molecule has 10 heteroatoms. The van der Waals surface area contributed by atoms with Crippen molar-refractivity contribution >= 4 is 41.3 Å². The van der Waals surface area contributed by atoms with E-state index < -0.39 is 0 Å². The van der Waals surface area contributed by atoms with Crippen molar-refractivity contribution < 1.29 is 4.42 Å². The van der Waals surface area contributed by atoms with Crippen LogP contribution in [0.4, 0.5) is 0 Å². The zero-order chi connectivity index (χ0) is 20.9. The second-order valence-electron chi connectivity index (χ2n) is 7.87. The summed E-state index contributed by atoms with van der Waals surface area (Å²) in [5.74, 6) is 3.88. The Morgan fingerprint density at radius 1 is 1.27 bits per heavy atom. The molecule has 164 valence electrons. The normalized spacial score (nSPS) is 12.0. The number of oxazole rings is 1. The zero-order valence-corrected chi connectivity index (χ0v) is 21.2. The number of halogens is 1. The first-order chi connectivity index (χ1) is 13.8. The first kappa shape index (κ1) is 24.3. The van der Waals surface area contributed by atoms with Crippen LogP contribution >= 0.6 is 35.3 Å². The van der Waals surface area contributed by atoms with Gasteiger partial charge in [0.05, 0.1) is 12.7 Å². The summed E-state index contributed by atoms with van der Waals surface area (Å²) in [6.07, 6.45) is 2.73. The Labute approximate surface area is 198 Å². The van der Waals surface area contributed by atoms with Crippen LogP contribution in [0.25, 0.3) is 0 Å². The average molecular weight is 543 g/mol. The van der Waals surface area contributed by atoms with Gasteiger partial charge in [-0.25, -0.2) is 9.98 Å². The quantitative estimate of drug-likeness (QED) is 0.269. The number of aromatic nitrogens is 4. The van der Waals surface area contributed by atoms with Crippen molar-refractivity contribution in [3.63, 3.8) is 0 Å². The molecule has 3 heterocycles. The second kappa shape index (κ2) is 10.9. The van der Waals surface area contributed by atoms with E-state index in [2.05, 4.69) is 69.1 Å². The van der Waals surface area contributed by atoms with Gasteiger partial charge in [-0.3, -0.25) is 0 Å². The number of rotatable bonds is 7. The van der Waals surface area contributed by atoms with Crippen molar-refractivity contribution in [2.24, 2.45) is 12.0 Å². The molecule has 0 fully saturated rings. The van der Waals surface area contributed by atoms with Gasteiger partial charge in [0.25, 0.3) is 0 Å². The average Bonchev–Trinajstić information content (AvgIpc) is 3.41. The van der Waals surface area contributed by atoms with Crippen molar-refractivity contribution in [3.8, 4) is 0 Å². The molecule has 0 aliphatic carbocycles. The van der Waals surface area contributed by atoms with E-state index in [1.54, 1.807) is 17.5 Å². The van der Waals surface area contributed by atoms with E-state index >= 15 is 0 Å². The molecule has 0 aromatic carbocycles. The summed E-state index contributed by atoms with van der Waals surface area (Å²) in [7, 11) is 1.94. The molecule has 0 radical (unpaired) electrons. The molecule has 0 bridgehead atoms. The van der Waals surface area contributed by atoms with Crippen molar-refractivity contribution in [2.75, 3.05) is 6.54 Å². The third-order valence-corrected chi connectivity index (χ3v) is 5.44. The molecule has 0 unspecified atom stereocenters. The van der Waals surface area contributed by atoms with Crippen molar-refractivity contribution in [2.45, 2.75) is 52.6 Å². The Hall–Kier alpha value is -1.95. The molecule has 3 aromatic rings. The molecule has 2 N–H and O–H groups in total. The Bertz CT molecular complexity index is 941. The van der Waals surface area contributed by atoms with Crippen LogP contribution in [0.1, 0.15) is 48.9 Å². The third-order valence-electron chi connectivity index (χ3n) is 4.51. The summed E-state index contributed by atoms with van der Waals surface area (Å²) in [5, 5.41) is 17.0. The highest BCUT2D eigenvalue weighted by molar-refractivity contribution is 14.0. The molecule has 0 amide bonds. The molecular formula is C20H30IN7OS. The molecule has 3 rings (SSSR count). The minimum atomic E-state index is -0.0653. The highest BCUT2D eigenvalue weighted by Crippen LogP contribution is 2.22. The van der Waals surface area contributed by atoms with Gasteiger partial charge in [0.2, 0.25) is 5.89 Å². The van der Waals surface area contributed by atoms with Gasteiger partial charge in [0.1, 0.15) is 18.1 Å². The minimum Gasteiger partial charge on any atom is -0.443 e. The first-order valence-electron chi connectivity index (χ1n) is 9.67. The van der Waals surface area contributed by atoms with Gasteiger partial charge < -0.3 is 19.6 Å². The van der Waals surface area contributed by atoms with Crippen molar-refractivity contribution in [1.82, 2.24) is 30.4 Å². The van der Waals surface area contributed by atoms with Crippen molar-refractivity contribution in [1.29, 1.82) is 0 Å². The highest BCUT2D eigenvalue weighted by atomic mass is 127. The zero-order valence-electron chi connectivity index (χ0n) is 18.1. The fourth-order valence-electron chi connectivity index (χ4n) is 2.57. The highest BCUT2D eigenvalue weighted by Gasteiger charge is 2.19. The lowest BCUT2D eigenvalue weighted by Crippen LogP contribution is -2.38. The van der Waals surface area contributed by atoms with Crippen LogP contribution in [0.2, 0.25) is 0 Å². The SMILES string of the molecule is Cc1nnc(CN=C(NCCc2cccs2)NCc2ncc(C(C)(C)C)o2)n1C.I. The van der Waals surface area contributed by atoms with Gasteiger partial charge in [-0.05, 0) is 24.8 Å². The molecule has 0 atom stereocenters. The molecule has 30 heavy (non-hydrogen) atoms. The number of nitrogens with one attached hydrogen (secondary N) is 2. The lowest BCUT2D eigenvalue weighted by atomic mass is 9.94. The largest absolute Gasteiger partial charge is 0.443 e. The minimum absolute atomic E-state index is 0. The van der Waals surface area contributed by atoms with Crippen LogP contribution in [0.3, 0.4) is 0 Å². The monoisotopic (exact) mass is 543 g/mol. The van der Waals surface area contributed by atoms with Crippen LogP contribution in [0, 0.1) is 6.92 Å². The predicted octanol–water partition coefficient (Wildman–Crippen LogP) is 3.57. The van der Waals surface area contributed by atoms with Gasteiger partial charge in [-0.15, -0.1) is 45.5 Å². The lowest BCUT2D eigenvalue weighted by Gasteiger charge is -2.13. The van der Waals surface area contributed by atoms with E-state index in [-0.39, 0.29) is 29.4 Å². The van der Waals surface area contributed by atoms with E-state index in [1.165, 1.54) is 4.88 Å². The summed E-state index contributed by atoms with van der Waals surface area (Å²) in [6.45, 7) is 9.91. The Morgan fingerprint density at radius 2 is 2.07 bits per heavy atom. The maximum absolute atomic E-state index is 5.87. The molecule has 0 saturated carbocycles. The fourth-order valence-corrected chi connectivity index (χ4v) is 3.28. The summed E-state index contributed by atoms with van der Waals surface area (Å²) in [6, 6.07) is 4.21. The number of aryl methyl sites for hydroxylation is 1. The van der Waals surface area contributed by atoms with Crippen molar-refractivity contribution in [3.05, 3.63) is 51.9 Å². The van der Waals surface area contributed by atoms with Crippen LogP contribution in [-0.2, 0) is 32.0 Å². The van der Waals surface area contributed by atoms with Gasteiger partial charge in [0.15, 0.2) is 11.8 Å². The van der Waals surface area contributed by atoms with Gasteiger partial charge in [-0.2, -0.15) is 0 Å².